The van der Waals surface area contributed by atoms with E-state index in [1.807, 2.05) is 0 Å². The van der Waals surface area contributed by atoms with Gasteiger partial charge in [0.15, 0.2) is 0 Å². The van der Waals surface area contributed by atoms with Crippen molar-refractivity contribution in [1.29, 1.82) is 0 Å². The van der Waals surface area contributed by atoms with Crippen LogP contribution >= 0.6 is 0 Å². The second-order valence-corrected chi connectivity index (χ2v) is 4.40. The van der Waals surface area contributed by atoms with Gasteiger partial charge >= 0.3 is 0 Å². The first kappa shape index (κ1) is 11.5. The molecule has 1 aromatic rings. The molecular formula is C12H14F2O2. The van der Waals surface area contributed by atoms with E-state index in [2.05, 4.69) is 0 Å². The second kappa shape index (κ2) is 4.11. The van der Waals surface area contributed by atoms with Crippen LogP contribution in [0.3, 0.4) is 0 Å². The SMILES string of the molecule is COC1CC(O)(Cc2ccc(F)cc2F)C1. The molecule has 0 amide bonds. The van der Waals surface area contributed by atoms with Crippen LogP contribution in [0.2, 0.25) is 0 Å². The van der Waals surface area contributed by atoms with E-state index in [1.54, 1.807) is 7.11 Å². The van der Waals surface area contributed by atoms with Gasteiger partial charge in [0.1, 0.15) is 11.6 Å². The average molecular weight is 228 g/mol. The van der Waals surface area contributed by atoms with Crippen molar-refractivity contribution in [3.05, 3.63) is 35.4 Å². The molecule has 0 unspecified atom stereocenters. The van der Waals surface area contributed by atoms with Crippen LogP contribution in [0.4, 0.5) is 8.78 Å². The Kier molecular flexibility index (Phi) is 2.95. The Hall–Kier alpha value is -1.00. The van der Waals surface area contributed by atoms with Gasteiger partial charge in [0.25, 0.3) is 0 Å². The van der Waals surface area contributed by atoms with Gasteiger partial charge in [-0.25, -0.2) is 8.78 Å². The number of aliphatic hydroxyl groups is 1. The van der Waals surface area contributed by atoms with E-state index in [0.717, 1.165) is 6.07 Å². The third-order valence-corrected chi connectivity index (χ3v) is 3.08. The molecule has 2 rings (SSSR count). The van der Waals surface area contributed by atoms with Crippen molar-refractivity contribution in [3.8, 4) is 0 Å². The van der Waals surface area contributed by atoms with Crippen LogP contribution in [0.5, 0.6) is 0 Å². The van der Waals surface area contributed by atoms with E-state index in [-0.39, 0.29) is 12.5 Å². The van der Waals surface area contributed by atoms with Crippen LogP contribution in [-0.4, -0.2) is 23.9 Å². The monoisotopic (exact) mass is 228 g/mol. The van der Waals surface area contributed by atoms with E-state index < -0.39 is 17.2 Å². The molecule has 1 fully saturated rings. The van der Waals surface area contributed by atoms with Crippen molar-refractivity contribution in [2.24, 2.45) is 0 Å². The van der Waals surface area contributed by atoms with Crippen LogP contribution < -0.4 is 0 Å². The van der Waals surface area contributed by atoms with Crippen molar-refractivity contribution < 1.29 is 18.6 Å². The number of methoxy groups -OCH3 is 1. The molecule has 0 saturated heterocycles. The van der Waals surface area contributed by atoms with Crippen molar-refractivity contribution in [1.82, 2.24) is 0 Å². The van der Waals surface area contributed by atoms with Gasteiger partial charge < -0.3 is 9.84 Å². The fraction of sp³-hybridized carbons (Fsp3) is 0.500. The summed E-state index contributed by atoms with van der Waals surface area (Å²) in [6, 6.07) is 3.42. The van der Waals surface area contributed by atoms with E-state index in [4.69, 9.17) is 4.74 Å². The first-order valence-electron chi connectivity index (χ1n) is 5.21. The van der Waals surface area contributed by atoms with E-state index in [9.17, 15) is 13.9 Å². The minimum Gasteiger partial charge on any atom is -0.389 e. The summed E-state index contributed by atoms with van der Waals surface area (Å²) < 4.78 is 31.1. The molecular weight excluding hydrogens is 214 g/mol. The fourth-order valence-corrected chi connectivity index (χ4v) is 2.12. The molecule has 0 radical (unpaired) electrons. The Morgan fingerprint density at radius 2 is 2.12 bits per heavy atom. The zero-order valence-electron chi connectivity index (χ0n) is 9.04. The lowest BCUT2D eigenvalue weighted by Crippen LogP contribution is -2.49. The molecule has 0 aliphatic heterocycles. The van der Waals surface area contributed by atoms with E-state index >= 15 is 0 Å². The van der Waals surface area contributed by atoms with E-state index in [1.165, 1.54) is 12.1 Å². The Morgan fingerprint density at radius 1 is 1.44 bits per heavy atom. The topological polar surface area (TPSA) is 29.5 Å². The highest BCUT2D eigenvalue weighted by Crippen LogP contribution is 2.37. The number of ether oxygens (including phenoxy) is 1. The lowest BCUT2D eigenvalue weighted by molar-refractivity contribution is -0.126. The van der Waals surface area contributed by atoms with Gasteiger partial charge in [0.05, 0.1) is 11.7 Å². The molecule has 2 nitrogen and oxygen atoms in total. The molecule has 0 bridgehead atoms. The van der Waals surface area contributed by atoms with Crippen LogP contribution in [0, 0.1) is 11.6 Å². The standard InChI is InChI=1S/C12H14F2O2/c1-16-10-6-12(15,7-10)5-8-2-3-9(13)4-11(8)14/h2-4,10,15H,5-7H2,1H3. The number of halogens is 2. The minimum absolute atomic E-state index is 0.0495. The summed E-state index contributed by atoms with van der Waals surface area (Å²) >= 11 is 0. The van der Waals surface area contributed by atoms with Crippen LogP contribution in [-0.2, 0) is 11.2 Å². The zero-order chi connectivity index (χ0) is 11.8. The summed E-state index contributed by atoms with van der Waals surface area (Å²) in [4.78, 5) is 0. The Bertz CT molecular complexity index is 387. The quantitative estimate of drug-likeness (QED) is 0.858. The molecule has 0 heterocycles. The predicted octanol–water partition coefficient (Wildman–Crippen LogP) is 2.05. The lowest BCUT2D eigenvalue weighted by Gasteiger charge is -2.42. The summed E-state index contributed by atoms with van der Waals surface area (Å²) in [6.07, 6.45) is 1.26. The Morgan fingerprint density at radius 3 is 2.69 bits per heavy atom. The molecule has 0 atom stereocenters. The molecule has 16 heavy (non-hydrogen) atoms. The predicted molar refractivity (Wildman–Crippen MR) is 55.0 cm³/mol. The number of rotatable bonds is 3. The zero-order valence-corrected chi connectivity index (χ0v) is 9.04. The van der Waals surface area contributed by atoms with Gasteiger partial charge in [-0.2, -0.15) is 0 Å². The maximum absolute atomic E-state index is 13.3. The number of benzene rings is 1. The lowest BCUT2D eigenvalue weighted by atomic mass is 9.73. The normalized spacial score (nSPS) is 28.9. The van der Waals surface area contributed by atoms with Crippen LogP contribution in [0.1, 0.15) is 18.4 Å². The highest BCUT2D eigenvalue weighted by Gasteiger charge is 2.43. The third kappa shape index (κ3) is 2.23. The molecule has 1 saturated carbocycles. The Balaban J connectivity index is 2.05. The van der Waals surface area contributed by atoms with Crippen molar-refractivity contribution in [2.45, 2.75) is 31.0 Å². The number of hydrogen-bond acceptors (Lipinski definition) is 2. The second-order valence-electron chi connectivity index (χ2n) is 4.40. The molecule has 1 aliphatic carbocycles. The largest absolute Gasteiger partial charge is 0.389 e. The third-order valence-electron chi connectivity index (χ3n) is 3.08. The first-order valence-corrected chi connectivity index (χ1v) is 5.21. The van der Waals surface area contributed by atoms with Crippen LogP contribution in [0.25, 0.3) is 0 Å². The maximum Gasteiger partial charge on any atom is 0.129 e. The molecule has 1 N–H and O–H groups in total. The molecule has 0 spiro atoms. The summed E-state index contributed by atoms with van der Waals surface area (Å²) in [5, 5.41) is 10.0. The first-order chi connectivity index (χ1) is 7.52. The van der Waals surface area contributed by atoms with Gasteiger partial charge in [-0.3, -0.25) is 0 Å². The van der Waals surface area contributed by atoms with Crippen molar-refractivity contribution >= 4 is 0 Å². The van der Waals surface area contributed by atoms with E-state index in [0.29, 0.717) is 18.4 Å². The maximum atomic E-state index is 13.3. The smallest absolute Gasteiger partial charge is 0.129 e. The molecule has 4 heteroatoms. The van der Waals surface area contributed by atoms with Gasteiger partial charge in [-0.05, 0) is 11.6 Å². The highest BCUT2D eigenvalue weighted by molar-refractivity contribution is 5.21. The van der Waals surface area contributed by atoms with Gasteiger partial charge in [0, 0.05) is 32.4 Å². The molecule has 0 aromatic heterocycles. The summed E-state index contributed by atoms with van der Waals surface area (Å²) in [5.74, 6) is -1.20. The summed E-state index contributed by atoms with van der Waals surface area (Å²) in [6.45, 7) is 0. The van der Waals surface area contributed by atoms with Gasteiger partial charge in [0.2, 0.25) is 0 Å². The van der Waals surface area contributed by atoms with Gasteiger partial charge in [-0.15, -0.1) is 0 Å². The minimum atomic E-state index is -0.903. The van der Waals surface area contributed by atoms with Crippen molar-refractivity contribution in [3.63, 3.8) is 0 Å². The van der Waals surface area contributed by atoms with Crippen molar-refractivity contribution in [2.75, 3.05) is 7.11 Å². The van der Waals surface area contributed by atoms with Crippen LogP contribution in [0.15, 0.2) is 18.2 Å². The fourth-order valence-electron chi connectivity index (χ4n) is 2.12. The van der Waals surface area contributed by atoms with Gasteiger partial charge in [-0.1, -0.05) is 6.07 Å². The average Bonchev–Trinajstić information content (AvgIpc) is 2.18. The molecule has 1 aromatic carbocycles. The Labute approximate surface area is 92.9 Å². The summed E-state index contributed by atoms with van der Waals surface area (Å²) in [5.41, 5.74) is -0.558. The molecule has 88 valence electrons. The molecule has 1 aliphatic rings. The summed E-state index contributed by atoms with van der Waals surface area (Å²) in [7, 11) is 1.59. The number of hydrogen-bond donors (Lipinski definition) is 1. The highest BCUT2D eigenvalue weighted by atomic mass is 19.1.